The first-order chi connectivity index (χ1) is 8.91. The zero-order valence-corrected chi connectivity index (χ0v) is 10.2. The molecule has 0 spiro atoms. The van der Waals surface area contributed by atoms with Gasteiger partial charge in [-0.1, -0.05) is 6.58 Å². The molecule has 1 N–H and O–H groups in total. The maximum absolute atomic E-state index is 12.4. The largest absolute Gasteiger partial charge is 0.432 e. The highest BCUT2D eigenvalue weighted by Gasteiger charge is 2.34. The molecule has 0 unspecified atom stereocenters. The van der Waals surface area contributed by atoms with E-state index in [1.165, 1.54) is 6.08 Å². The van der Waals surface area contributed by atoms with Crippen LogP contribution in [-0.4, -0.2) is 33.9 Å². The Morgan fingerprint density at radius 1 is 1.47 bits per heavy atom. The van der Waals surface area contributed by atoms with Crippen molar-refractivity contribution in [2.75, 3.05) is 13.1 Å². The van der Waals surface area contributed by atoms with Crippen LogP contribution in [0.5, 0.6) is 0 Å². The van der Waals surface area contributed by atoms with Crippen molar-refractivity contribution in [3.63, 3.8) is 0 Å². The van der Waals surface area contributed by atoms with Crippen molar-refractivity contribution in [3.05, 3.63) is 30.4 Å². The number of carbonyl (C=O) groups is 1. The van der Waals surface area contributed by atoms with Crippen LogP contribution >= 0.6 is 0 Å². The van der Waals surface area contributed by atoms with E-state index in [9.17, 15) is 18.0 Å². The Kier molecular flexibility index (Phi) is 3.64. The lowest BCUT2D eigenvalue weighted by Gasteiger charge is -2.30. The smallest absolute Gasteiger partial charge is 0.339 e. The molecular formula is C12H14F3N3O. The first-order valence-electron chi connectivity index (χ1n) is 5.95. The lowest BCUT2D eigenvalue weighted by atomic mass is 9.96. The Morgan fingerprint density at radius 2 is 2.11 bits per heavy atom. The molecule has 0 radical (unpaired) electrons. The third-order valence-electron chi connectivity index (χ3n) is 3.27. The van der Waals surface area contributed by atoms with Crippen LogP contribution in [0.3, 0.4) is 0 Å². The van der Waals surface area contributed by atoms with Crippen LogP contribution < -0.4 is 0 Å². The number of imidazole rings is 1. The van der Waals surface area contributed by atoms with Crippen LogP contribution in [0.4, 0.5) is 13.2 Å². The molecule has 2 heterocycles. The summed E-state index contributed by atoms with van der Waals surface area (Å²) in [7, 11) is 0. The molecule has 1 aliphatic heterocycles. The number of halogens is 3. The van der Waals surface area contributed by atoms with E-state index < -0.39 is 11.9 Å². The minimum atomic E-state index is -4.40. The molecule has 0 saturated carbocycles. The van der Waals surface area contributed by atoms with Crippen LogP contribution in [0.2, 0.25) is 0 Å². The monoisotopic (exact) mass is 273 g/mol. The summed E-state index contributed by atoms with van der Waals surface area (Å²) in [4.78, 5) is 19.1. The maximum atomic E-state index is 12.4. The molecule has 4 nitrogen and oxygen atoms in total. The second kappa shape index (κ2) is 5.07. The van der Waals surface area contributed by atoms with Crippen molar-refractivity contribution < 1.29 is 18.0 Å². The molecule has 1 aliphatic rings. The maximum Gasteiger partial charge on any atom is 0.432 e. The Balaban J connectivity index is 2.00. The summed E-state index contributed by atoms with van der Waals surface area (Å²) in [6, 6.07) is 0. The number of aromatic nitrogens is 2. The van der Waals surface area contributed by atoms with Gasteiger partial charge in [-0.15, -0.1) is 0 Å². The summed E-state index contributed by atoms with van der Waals surface area (Å²) in [5.74, 6) is 0.136. The van der Waals surface area contributed by atoms with Crippen molar-refractivity contribution in [3.8, 4) is 0 Å². The van der Waals surface area contributed by atoms with Crippen LogP contribution in [0, 0.1) is 0 Å². The van der Waals surface area contributed by atoms with Crippen molar-refractivity contribution in [2.45, 2.75) is 24.9 Å². The minimum absolute atomic E-state index is 0.0648. The third-order valence-corrected chi connectivity index (χ3v) is 3.27. The van der Waals surface area contributed by atoms with Crippen molar-refractivity contribution >= 4 is 5.91 Å². The van der Waals surface area contributed by atoms with Gasteiger partial charge in [-0.25, -0.2) is 4.98 Å². The van der Waals surface area contributed by atoms with Gasteiger partial charge in [-0.05, 0) is 18.9 Å². The van der Waals surface area contributed by atoms with Crippen LogP contribution in [0.25, 0.3) is 0 Å². The molecule has 0 atom stereocenters. The second-order valence-electron chi connectivity index (χ2n) is 4.48. The molecule has 0 aromatic carbocycles. The van der Waals surface area contributed by atoms with E-state index in [0.717, 1.165) is 6.20 Å². The number of H-pyrrole nitrogens is 1. The number of piperidine rings is 1. The fraction of sp³-hybridized carbons (Fsp3) is 0.500. The molecule has 7 heteroatoms. The summed E-state index contributed by atoms with van der Waals surface area (Å²) >= 11 is 0. The van der Waals surface area contributed by atoms with E-state index >= 15 is 0 Å². The topological polar surface area (TPSA) is 49.0 Å². The molecule has 19 heavy (non-hydrogen) atoms. The van der Waals surface area contributed by atoms with Gasteiger partial charge in [0.2, 0.25) is 5.91 Å². The lowest BCUT2D eigenvalue weighted by Crippen LogP contribution is -2.37. The number of nitrogens with one attached hydrogen (secondary N) is 1. The van der Waals surface area contributed by atoms with Crippen molar-refractivity contribution in [1.82, 2.24) is 14.9 Å². The average Bonchev–Trinajstić information content (AvgIpc) is 2.87. The Morgan fingerprint density at radius 3 is 2.58 bits per heavy atom. The number of rotatable bonds is 2. The zero-order chi connectivity index (χ0) is 14.0. The fourth-order valence-electron chi connectivity index (χ4n) is 2.19. The van der Waals surface area contributed by atoms with Crippen LogP contribution in [-0.2, 0) is 11.0 Å². The zero-order valence-electron chi connectivity index (χ0n) is 10.2. The second-order valence-corrected chi connectivity index (χ2v) is 4.48. The van der Waals surface area contributed by atoms with Gasteiger partial charge in [0, 0.05) is 19.0 Å². The van der Waals surface area contributed by atoms with Crippen molar-refractivity contribution in [1.29, 1.82) is 0 Å². The van der Waals surface area contributed by atoms with Crippen LogP contribution in [0.1, 0.15) is 30.3 Å². The summed E-state index contributed by atoms with van der Waals surface area (Å²) < 4.78 is 37.3. The molecule has 104 valence electrons. The number of nitrogens with zero attached hydrogens (tertiary/aromatic N) is 2. The van der Waals surface area contributed by atoms with Gasteiger partial charge in [0.25, 0.3) is 0 Å². The number of alkyl halides is 3. The van der Waals surface area contributed by atoms with E-state index in [1.54, 1.807) is 4.90 Å². The number of aromatic amines is 1. The Labute approximate surface area is 108 Å². The fourth-order valence-corrected chi connectivity index (χ4v) is 2.19. The molecule has 2 rings (SSSR count). The molecule has 0 aliphatic carbocycles. The highest BCUT2D eigenvalue weighted by atomic mass is 19.4. The molecule has 1 aromatic heterocycles. The molecule has 0 bridgehead atoms. The predicted molar refractivity (Wildman–Crippen MR) is 62.3 cm³/mol. The minimum Gasteiger partial charge on any atom is -0.339 e. The van der Waals surface area contributed by atoms with Crippen molar-refractivity contribution in [2.24, 2.45) is 0 Å². The number of amides is 1. The summed E-state index contributed by atoms with van der Waals surface area (Å²) in [5, 5.41) is 0. The van der Waals surface area contributed by atoms with Gasteiger partial charge in [0.1, 0.15) is 11.5 Å². The van der Waals surface area contributed by atoms with Gasteiger partial charge in [0.15, 0.2) is 0 Å². The van der Waals surface area contributed by atoms with Gasteiger partial charge in [0.05, 0.1) is 6.20 Å². The Hall–Kier alpha value is -1.79. The quantitative estimate of drug-likeness (QED) is 0.841. The highest BCUT2D eigenvalue weighted by Crippen LogP contribution is 2.31. The van der Waals surface area contributed by atoms with Crippen LogP contribution in [0.15, 0.2) is 18.9 Å². The first-order valence-corrected chi connectivity index (χ1v) is 5.95. The number of likely N-dealkylation sites (tertiary alicyclic amines) is 1. The lowest BCUT2D eigenvalue weighted by molar-refractivity contribution is -0.141. The average molecular weight is 273 g/mol. The van der Waals surface area contributed by atoms with E-state index in [4.69, 9.17) is 0 Å². The Bertz CT molecular complexity index is 473. The van der Waals surface area contributed by atoms with E-state index in [-0.39, 0.29) is 11.8 Å². The first kappa shape index (κ1) is 13.6. The number of hydrogen-bond acceptors (Lipinski definition) is 2. The van der Waals surface area contributed by atoms with Gasteiger partial charge in [-0.2, -0.15) is 13.2 Å². The van der Waals surface area contributed by atoms with E-state index in [2.05, 4.69) is 16.5 Å². The van der Waals surface area contributed by atoms with Gasteiger partial charge < -0.3 is 9.88 Å². The van der Waals surface area contributed by atoms with Gasteiger partial charge in [-0.3, -0.25) is 4.79 Å². The molecule has 1 amide bonds. The summed E-state index contributed by atoms with van der Waals surface area (Å²) in [6.45, 7) is 4.43. The normalized spacial score (nSPS) is 17.5. The number of hydrogen-bond donors (Lipinski definition) is 1. The molecule has 1 aromatic rings. The highest BCUT2D eigenvalue weighted by molar-refractivity contribution is 5.87. The van der Waals surface area contributed by atoms with E-state index in [1.807, 2.05) is 0 Å². The third kappa shape index (κ3) is 2.97. The van der Waals surface area contributed by atoms with Gasteiger partial charge >= 0.3 is 6.18 Å². The summed E-state index contributed by atoms with van der Waals surface area (Å²) in [5.41, 5.74) is -0.827. The molecular weight excluding hydrogens is 259 g/mol. The SMILES string of the molecule is C=CC(=O)N1CCC(c2ncc(C(F)(F)F)[nH]2)CC1. The summed E-state index contributed by atoms with van der Waals surface area (Å²) in [6.07, 6.45) is -1.13. The van der Waals surface area contributed by atoms with E-state index in [0.29, 0.717) is 31.8 Å². The molecule has 1 fully saturated rings. The molecule has 1 saturated heterocycles. The predicted octanol–water partition coefficient (Wildman–Crippen LogP) is 2.32. The standard InChI is InChI=1S/C12H14F3N3O/c1-2-10(19)18-5-3-8(4-6-18)11-16-7-9(17-11)12(13,14)15/h2,7-8H,1,3-6H2,(H,16,17). The number of carbonyl (C=O) groups excluding carboxylic acids is 1.